The van der Waals surface area contributed by atoms with E-state index in [1.54, 1.807) is 6.20 Å². The number of hydrogen-bond donors (Lipinski definition) is 2. The second-order valence-corrected chi connectivity index (χ2v) is 3.62. The predicted octanol–water partition coefficient (Wildman–Crippen LogP) is 2.05. The van der Waals surface area contributed by atoms with Crippen molar-refractivity contribution in [3.63, 3.8) is 0 Å². The second kappa shape index (κ2) is 4.66. The number of amides is 1. The van der Waals surface area contributed by atoms with Crippen molar-refractivity contribution in [1.82, 2.24) is 10.3 Å². The fourth-order valence-corrected chi connectivity index (χ4v) is 1.50. The first kappa shape index (κ1) is 10.5. The zero-order valence-corrected chi connectivity index (χ0v) is 9.08. The Labute approximate surface area is 94.5 Å². The first-order valence-electron chi connectivity index (χ1n) is 5.15. The molecular formula is C13H13N2O. The molecule has 81 valence electrons. The Morgan fingerprint density at radius 1 is 1.38 bits per heavy atom. The Bertz CT molecular complexity index is 474. The SMILES string of the molecule is Cc1[c][nH]cc1C(=O)NCc1ccccc1. The van der Waals surface area contributed by atoms with Crippen molar-refractivity contribution in [1.29, 1.82) is 0 Å². The summed E-state index contributed by atoms with van der Waals surface area (Å²) in [6, 6.07) is 9.83. The van der Waals surface area contributed by atoms with Crippen molar-refractivity contribution in [2.24, 2.45) is 0 Å². The minimum Gasteiger partial charge on any atom is -0.359 e. The Morgan fingerprint density at radius 3 is 2.75 bits per heavy atom. The number of rotatable bonds is 3. The van der Waals surface area contributed by atoms with Gasteiger partial charge in [-0.2, -0.15) is 0 Å². The van der Waals surface area contributed by atoms with Crippen molar-refractivity contribution < 1.29 is 4.79 Å². The van der Waals surface area contributed by atoms with Gasteiger partial charge >= 0.3 is 0 Å². The van der Waals surface area contributed by atoms with Gasteiger partial charge in [0.05, 0.1) is 11.8 Å². The van der Waals surface area contributed by atoms with Gasteiger partial charge in [0, 0.05) is 12.7 Å². The molecule has 0 spiro atoms. The van der Waals surface area contributed by atoms with E-state index in [1.165, 1.54) is 0 Å². The number of benzene rings is 1. The van der Waals surface area contributed by atoms with E-state index < -0.39 is 0 Å². The number of aromatic nitrogens is 1. The van der Waals surface area contributed by atoms with Crippen molar-refractivity contribution >= 4 is 5.91 Å². The molecule has 0 aliphatic carbocycles. The number of carbonyl (C=O) groups excluding carboxylic acids is 1. The highest BCUT2D eigenvalue weighted by Gasteiger charge is 2.08. The lowest BCUT2D eigenvalue weighted by atomic mass is 10.2. The minimum absolute atomic E-state index is 0.0705. The van der Waals surface area contributed by atoms with Gasteiger partial charge in [0.15, 0.2) is 0 Å². The fourth-order valence-electron chi connectivity index (χ4n) is 1.50. The third kappa shape index (κ3) is 2.31. The van der Waals surface area contributed by atoms with Gasteiger partial charge in [-0.15, -0.1) is 0 Å². The summed E-state index contributed by atoms with van der Waals surface area (Å²) in [5.41, 5.74) is 2.58. The maximum Gasteiger partial charge on any atom is 0.253 e. The Kier molecular flexibility index (Phi) is 3.05. The molecule has 1 heterocycles. The fraction of sp³-hybridized carbons (Fsp3) is 0.154. The zero-order chi connectivity index (χ0) is 11.4. The Morgan fingerprint density at radius 2 is 2.12 bits per heavy atom. The van der Waals surface area contributed by atoms with Crippen molar-refractivity contribution in [3.8, 4) is 0 Å². The smallest absolute Gasteiger partial charge is 0.253 e. The van der Waals surface area contributed by atoms with Gasteiger partial charge < -0.3 is 10.3 Å². The van der Waals surface area contributed by atoms with Crippen LogP contribution in [-0.2, 0) is 6.54 Å². The quantitative estimate of drug-likeness (QED) is 0.805. The van der Waals surface area contributed by atoms with Crippen LogP contribution in [0.15, 0.2) is 36.5 Å². The van der Waals surface area contributed by atoms with Crippen LogP contribution in [0.4, 0.5) is 0 Å². The number of carbonyl (C=O) groups is 1. The van der Waals surface area contributed by atoms with E-state index in [0.717, 1.165) is 11.1 Å². The second-order valence-electron chi connectivity index (χ2n) is 3.62. The lowest BCUT2D eigenvalue weighted by Gasteiger charge is -2.04. The summed E-state index contributed by atoms with van der Waals surface area (Å²) >= 11 is 0. The predicted molar refractivity (Wildman–Crippen MR) is 62.0 cm³/mol. The van der Waals surface area contributed by atoms with Gasteiger partial charge in [-0.05, 0) is 18.1 Å². The monoisotopic (exact) mass is 213 g/mol. The third-order valence-corrected chi connectivity index (χ3v) is 2.42. The number of aromatic amines is 1. The third-order valence-electron chi connectivity index (χ3n) is 2.42. The number of H-pyrrole nitrogens is 1. The van der Waals surface area contributed by atoms with Crippen molar-refractivity contribution in [2.45, 2.75) is 13.5 Å². The van der Waals surface area contributed by atoms with Crippen LogP contribution >= 0.6 is 0 Å². The number of nitrogens with one attached hydrogen (secondary N) is 2. The van der Waals surface area contributed by atoms with E-state index in [9.17, 15) is 4.79 Å². The lowest BCUT2D eigenvalue weighted by Crippen LogP contribution is -2.22. The van der Waals surface area contributed by atoms with E-state index in [-0.39, 0.29) is 5.91 Å². The summed E-state index contributed by atoms with van der Waals surface area (Å²) in [6.45, 7) is 2.40. The van der Waals surface area contributed by atoms with Gasteiger partial charge in [-0.1, -0.05) is 30.3 Å². The molecule has 1 aromatic heterocycles. The number of hydrogen-bond acceptors (Lipinski definition) is 1. The van der Waals surface area contributed by atoms with Crippen LogP contribution in [0.3, 0.4) is 0 Å². The molecule has 0 fully saturated rings. The Hall–Kier alpha value is -2.03. The molecule has 3 nitrogen and oxygen atoms in total. The van der Waals surface area contributed by atoms with Gasteiger partial charge in [-0.25, -0.2) is 0 Å². The molecular weight excluding hydrogens is 200 g/mol. The van der Waals surface area contributed by atoms with Gasteiger partial charge in [0.25, 0.3) is 5.91 Å². The summed E-state index contributed by atoms with van der Waals surface area (Å²) in [5.74, 6) is -0.0705. The summed E-state index contributed by atoms with van der Waals surface area (Å²) in [4.78, 5) is 14.5. The molecule has 2 rings (SSSR count). The van der Waals surface area contributed by atoms with E-state index in [4.69, 9.17) is 0 Å². The maximum absolute atomic E-state index is 11.7. The molecule has 1 amide bonds. The van der Waals surface area contributed by atoms with Crippen LogP contribution in [0.1, 0.15) is 21.5 Å². The van der Waals surface area contributed by atoms with E-state index in [0.29, 0.717) is 12.1 Å². The molecule has 0 saturated carbocycles. The summed E-state index contributed by atoms with van der Waals surface area (Å²) < 4.78 is 0. The number of aryl methyl sites for hydroxylation is 1. The summed E-state index contributed by atoms with van der Waals surface area (Å²) in [7, 11) is 0. The minimum atomic E-state index is -0.0705. The molecule has 1 radical (unpaired) electrons. The molecule has 16 heavy (non-hydrogen) atoms. The Balaban J connectivity index is 1.97. The molecule has 2 aromatic rings. The van der Waals surface area contributed by atoms with Crippen LogP contribution in [0.5, 0.6) is 0 Å². The van der Waals surface area contributed by atoms with Crippen molar-refractivity contribution in [2.75, 3.05) is 0 Å². The highest BCUT2D eigenvalue weighted by atomic mass is 16.1. The molecule has 0 saturated heterocycles. The average molecular weight is 213 g/mol. The average Bonchev–Trinajstić information content (AvgIpc) is 2.74. The maximum atomic E-state index is 11.7. The highest BCUT2D eigenvalue weighted by Crippen LogP contribution is 2.05. The molecule has 0 atom stereocenters. The molecule has 0 aliphatic heterocycles. The summed E-state index contributed by atoms with van der Waals surface area (Å²) in [6.07, 6.45) is 4.52. The van der Waals surface area contributed by atoms with Crippen LogP contribution in [0.25, 0.3) is 0 Å². The van der Waals surface area contributed by atoms with Gasteiger partial charge in [-0.3, -0.25) is 4.79 Å². The van der Waals surface area contributed by atoms with E-state index >= 15 is 0 Å². The molecule has 1 aromatic carbocycles. The largest absolute Gasteiger partial charge is 0.359 e. The normalized spacial score (nSPS) is 10.1. The molecule has 0 bridgehead atoms. The van der Waals surface area contributed by atoms with E-state index in [1.807, 2.05) is 37.3 Å². The van der Waals surface area contributed by atoms with Crippen LogP contribution in [0, 0.1) is 13.1 Å². The van der Waals surface area contributed by atoms with Gasteiger partial charge in [0.2, 0.25) is 0 Å². The molecule has 0 aliphatic rings. The molecule has 3 heteroatoms. The van der Waals surface area contributed by atoms with Gasteiger partial charge in [0.1, 0.15) is 0 Å². The highest BCUT2D eigenvalue weighted by molar-refractivity contribution is 5.95. The topological polar surface area (TPSA) is 44.9 Å². The first-order chi connectivity index (χ1) is 7.77. The lowest BCUT2D eigenvalue weighted by molar-refractivity contribution is 0.0950. The zero-order valence-electron chi connectivity index (χ0n) is 9.08. The van der Waals surface area contributed by atoms with E-state index in [2.05, 4.69) is 16.5 Å². The molecule has 0 unspecified atom stereocenters. The van der Waals surface area contributed by atoms with Crippen LogP contribution in [-0.4, -0.2) is 10.9 Å². The van der Waals surface area contributed by atoms with Crippen LogP contribution < -0.4 is 5.32 Å². The first-order valence-corrected chi connectivity index (χ1v) is 5.15. The van der Waals surface area contributed by atoms with Crippen molar-refractivity contribution in [3.05, 3.63) is 59.4 Å². The van der Waals surface area contributed by atoms with Crippen LogP contribution in [0.2, 0.25) is 0 Å². The summed E-state index contributed by atoms with van der Waals surface area (Å²) in [5, 5.41) is 2.86. The molecule has 2 N–H and O–H groups in total. The standard InChI is InChI=1S/C13H13N2O/c1-10-7-14-9-12(10)13(16)15-8-11-5-3-2-4-6-11/h2-6,9,14H,8H2,1H3,(H,15,16).